The summed E-state index contributed by atoms with van der Waals surface area (Å²) in [5.41, 5.74) is -0.289. The van der Waals surface area contributed by atoms with Crippen LogP contribution in [0.15, 0.2) is 12.1 Å². The van der Waals surface area contributed by atoms with Crippen LogP contribution in [0.1, 0.15) is 11.7 Å². The normalized spacial score (nSPS) is 31.6. The number of carboxylic acids is 1. The van der Waals surface area contributed by atoms with Crippen molar-refractivity contribution in [1.82, 2.24) is 0 Å². The van der Waals surface area contributed by atoms with Gasteiger partial charge in [-0.15, -0.1) is 0 Å². The number of aromatic hydroxyl groups is 3. The Labute approximate surface area is 125 Å². The molecule has 0 unspecified atom stereocenters. The van der Waals surface area contributed by atoms with Crippen LogP contribution in [-0.2, 0) is 4.74 Å². The first kappa shape index (κ1) is 16.3. The fourth-order valence-corrected chi connectivity index (χ4v) is 1.44. The van der Waals surface area contributed by atoms with Crippen LogP contribution in [-0.4, -0.2) is 78.0 Å². The van der Waals surface area contributed by atoms with Crippen LogP contribution in [0.5, 0.6) is 17.2 Å². The first-order valence-electron chi connectivity index (χ1n) is 6.34. The number of aromatic carboxylic acids is 1. The lowest BCUT2D eigenvalue weighted by Gasteiger charge is -2.31. The number of hydrogen-bond donors (Lipinski definition) is 8. The molecular weight excluding hydrogens is 304 g/mol. The lowest BCUT2D eigenvalue weighted by Crippen LogP contribution is -2.52. The van der Waals surface area contributed by atoms with Gasteiger partial charge in [-0.2, -0.15) is 0 Å². The zero-order chi connectivity index (χ0) is 17.9. The maximum Gasteiger partial charge on any atom is 0.335 e. The number of ether oxygens (including phenoxy) is 1. The first-order valence-corrected chi connectivity index (χ1v) is 5.84. The minimum Gasteiger partial charge on any atom is -0.504 e. The van der Waals surface area contributed by atoms with Gasteiger partial charge in [0.2, 0.25) is 0 Å². The summed E-state index contributed by atoms with van der Waals surface area (Å²) < 4.78 is 11.3. The van der Waals surface area contributed by atoms with Crippen molar-refractivity contribution >= 4 is 5.97 Å². The number of rotatable bonds is 1. The molecule has 4 atom stereocenters. The molecule has 8 N–H and O–H groups in total. The maximum absolute atomic E-state index is 10.3. The minimum atomic E-state index is -2.54. The third-order valence-electron chi connectivity index (χ3n) is 2.66. The van der Waals surface area contributed by atoms with Gasteiger partial charge in [0.15, 0.2) is 23.5 Å². The van der Waals surface area contributed by atoms with E-state index < -0.39 is 47.8 Å². The van der Waals surface area contributed by atoms with E-state index in [1.165, 1.54) is 0 Å². The summed E-state index contributed by atoms with van der Waals surface area (Å²) in [5, 5.41) is 70.5. The van der Waals surface area contributed by atoms with E-state index in [1.54, 1.807) is 0 Å². The fraction of sp³-hybridized carbons (Fsp3) is 0.417. The molecular formula is C12H16O10. The number of aliphatic hydroxyl groups excluding tert-OH is 3. The number of phenolic OH excluding ortho intramolecular Hbond substituents is 3. The van der Waals surface area contributed by atoms with Gasteiger partial charge >= 0.3 is 5.97 Å². The van der Waals surface area contributed by atoms with Gasteiger partial charge in [0, 0.05) is 0 Å². The Hall–Kier alpha value is -2.11. The largest absolute Gasteiger partial charge is 0.504 e. The quantitative estimate of drug-likeness (QED) is 0.266. The van der Waals surface area contributed by atoms with Crippen molar-refractivity contribution in [1.29, 1.82) is 0 Å². The minimum absolute atomic E-state index is 0.288. The molecule has 1 aromatic carbocycles. The molecule has 10 nitrogen and oxygen atoms in total. The summed E-state index contributed by atoms with van der Waals surface area (Å²) in [6.07, 6.45) is -7.36. The highest BCUT2D eigenvalue weighted by molar-refractivity contribution is 5.89. The molecule has 1 heterocycles. The van der Waals surface area contributed by atoms with Crippen LogP contribution < -0.4 is 0 Å². The van der Waals surface area contributed by atoms with Gasteiger partial charge in [0.05, 0.1) is 13.5 Å². The van der Waals surface area contributed by atoms with Crippen molar-refractivity contribution in [2.45, 2.75) is 24.6 Å². The highest BCUT2D eigenvalue weighted by Gasteiger charge is 2.36. The topological polar surface area (TPSA) is 188 Å². The molecule has 1 fully saturated rings. The first-order chi connectivity index (χ1) is 10.5. The Kier molecular flexibility index (Phi) is 5.35. The van der Waals surface area contributed by atoms with Gasteiger partial charge in [-0.25, -0.2) is 4.79 Å². The van der Waals surface area contributed by atoms with Gasteiger partial charge in [-0.05, 0) is 12.1 Å². The molecule has 0 aromatic heterocycles. The highest BCUT2D eigenvalue weighted by atomic mass is 16.6. The number of carboxylic acid groups (broad SMARTS) is 1. The van der Waals surface area contributed by atoms with Crippen LogP contribution in [0.4, 0.5) is 0 Å². The Morgan fingerprint density at radius 1 is 1.14 bits per heavy atom. The number of benzene rings is 1. The summed E-state index contributed by atoms with van der Waals surface area (Å²) >= 11 is 0. The van der Waals surface area contributed by atoms with Crippen molar-refractivity contribution < 1.29 is 51.8 Å². The van der Waals surface area contributed by atoms with E-state index >= 15 is 0 Å². The van der Waals surface area contributed by atoms with E-state index in [9.17, 15) is 4.79 Å². The van der Waals surface area contributed by atoms with Gasteiger partial charge in [0.25, 0.3) is 0 Å². The number of carbonyl (C=O) groups is 1. The second-order valence-electron chi connectivity index (χ2n) is 4.29. The average molecular weight is 321 g/mol. The van der Waals surface area contributed by atoms with Crippen molar-refractivity contribution in [2.24, 2.45) is 0 Å². The number of phenols is 3. The van der Waals surface area contributed by atoms with Gasteiger partial charge in [-0.1, -0.05) is 0 Å². The van der Waals surface area contributed by atoms with Crippen LogP contribution in [0.3, 0.4) is 0 Å². The molecule has 124 valence electrons. The zero-order valence-electron chi connectivity index (χ0n) is 12.0. The Morgan fingerprint density at radius 2 is 1.64 bits per heavy atom. The molecule has 0 spiro atoms. The summed E-state index contributed by atoms with van der Waals surface area (Å²) in [4.78, 5) is 10.3. The van der Waals surface area contributed by atoms with Crippen LogP contribution in [0.2, 0.25) is 0 Å². The summed E-state index contributed by atoms with van der Waals surface area (Å²) in [6, 6.07) is 1.69. The van der Waals surface area contributed by atoms with Gasteiger partial charge in [0.1, 0.15) is 18.3 Å². The second kappa shape index (κ2) is 7.24. The van der Waals surface area contributed by atoms with Gasteiger partial charge in [-0.3, -0.25) is 0 Å². The predicted octanol–water partition coefficient (Wildman–Crippen LogP) is -2.08. The lowest BCUT2D eigenvalue weighted by atomic mass is 10.1. The molecule has 1 aliphatic rings. The molecule has 1 saturated heterocycles. The van der Waals surface area contributed by atoms with E-state index in [-0.39, 0.29) is 12.2 Å². The van der Waals surface area contributed by atoms with Crippen molar-refractivity contribution in [2.75, 3.05) is 6.61 Å². The molecule has 0 amide bonds. The average Bonchev–Trinajstić information content (AvgIpc) is 2.47. The molecule has 1 aromatic rings. The van der Waals surface area contributed by atoms with Crippen molar-refractivity contribution in [3.8, 4) is 17.2 Å². The van der Waals surface area contributed by atoms with E-state index in [2.05, 4.69) is 4.74 Å². The molecule has 0 radical (unpaired) electrons. The molecule has 22 heavy (non-hydrogen) atoms. The van der Waals surface area contributed by atoms with Gasteiger partial charge < -0.3 is 45.6 Å². The Bertz CT molecular complexity index is 552. The van der Waals surface area contributed by atoms with Crippen LogP contribution in [0.25, 0.3) is 0 Å². The Morgan fingerprint density at radius 3 is 2.05 bits per heavy atom. The smallest absolute Gasteiger partial charge is 0.335 e. The van der Waals surface area contributed by atoms with E-state index in [0.29, 0.717) is 0 Å². The van der Waals surface area contributed by atoms with Crippen LogP contribution in [0, 0.1) is 0 Å². The predicted molar refractivity (Wildman–Crippen MR) is 68.4 cm³/mol. The standard InChI is InChI=1S/C7H6O5.C5H10O5/c8-4-1-3(7(11)12)2-5(9)6(4)10;6-2-1-10-5(9)4(8)3(2)7/h1-2,8-10H,(H,11,12);2-9H,1H2/t;2-,3-,4+,5+/m.1/s1/i;4D. The second-order valence-corrected chi connectivity index (χ2v) is 4.29. The Balaban J connectivity index is 0.000000231. The molecule has 0 bridgehead atoms. The van der Waals surface area contributed by atoms with E-state index in [1.807, 2.05) is 0 Å². The third kappa shape index (κ3) is 4.19. The molecule has 1 aliphatic heterocycles. The fourth-order valence-electron chi connectivity index (χ4n) is 1.44. The zero-order valence-corrected chi connectivity index (χ0v) is 11.0. The molecule has 2 rings (SSSR count). The number of hydrogen-bond acceptors (Lipinski definition) is 9. The van der Waals surface area contributed by atoms with E-state index in [0.717, 1.165) is 12.1 Å². The van der Waals surface area contributed by atoms with Crippen molar-refractivity contribution in [3.63, 3.8) is 0 Å². The number of aliphatic hydroxyl groups is 4. The summed E-state index contributed by atoms with van der Waals surface area (Å²) in [5.74, 6) is -3.33. The van der Waals surface area contributed by atoms with Crippen LogP contribution >= 0.6 is 0 Å². The molecule has 0 saturated carbocycles. The molecule has 10 heteroatoms. The third-order valence-corrected chi connectivity index (χ3v) is 2.66. The molecule has 0 aliphatic carbocycles. The lowest BCUT2D eigenvalue weighted by molar-refractivity contribution is -0.252. The van der Waals surface area contributed by atoms with Crippen molar-refractivity contribution in [3.05, 3.63) is 17.7 Å². The SMILES string of the molecule is O=C(O)c1cc(O)c(O)c(O)c1.[2H][C@]1(O)[C@H](O)[C@H](O)CO[C@@H]1O. The summed E-state index contributed by atoms with van der Waals surface area (Å²) in [6.45, 7) is -0.288. The van der Waals surface area contributed by atoms with E-state index in [4.69, 9.17) is 42.2 Å². The monoisotopic (exact) mass is 321 g/mol. The maximum atomic E-state index is 10.3. The summed E-state index contributed by atoms with van der Waals surface area (Å²) in [7, 11) is 0. The highest BCUT2D eigenvalue weighted by Crippen LogP contribution is 2.35.